The molecule has 0 aliphatic heterocycles. The van der Waals surface area contributed by atoms with Gasteiger partial charge in [0.2, 0.25) is 0 Å². The normalized spacial score (nSPS) is 26.9. The van der Waals surface area contributed by atoms with Crippen LogP contribution in [0.2, 0.25) is 0 Å². The first-order chi connectivity index (χ1) is 6.84. The second kappa shape index (κ2) is 4.57. The highest BCUT2D eigenvalue weighted by molar-refractivity contribution is 4.78. The van der Waals surface area contributed by atoms with Crippen molar-refractivity contribution in [3.63, 3.8) is 0 Å². The SMILES string of the molecule is NC1CCC(OCCn2ccnc2)C1. The first-order valence-corrected chi connectivity index (χ1v) is 5.17. The molecule has 0 saturated heterocycles. The van der Waals surface area contributed by atoms with Crippen LogP contribution in [0.4, 0.5) is 0 Å². The summed E-state index contributed by atoms with van der Waals surface area (Å²) in [4.78, 5) is 3.97. The smallest absolute Gasteiger partial charge is 0.0946 e. The highest BCUT2D eigenvalue weighted by Crippen LogP contribution is 2.20. The van der Waals surface area contributed by atoms with Crippen molar-refractivity contribution in [3.05, 3.63) is 18.7 Å². The average molecular weight is 195 g/mol. The van der Waals surface area contributed by atoms with E-state index < -0.39 is 0 Å². The first kappa shape index (κ1) is 9.68. The van der Waals surface area contributed by atoms with Crippen LogP contribution in [-0.2, 0) is 11.3 Å². The van der Waals surface area contributed by atoms with Crippen molar-refractivity contribution < 1.29 is 4.74 Å². The summed E-state index contributed by atoms with van der Waals surface area (Å²) in [7, 11) is 0. The summed E-state index contributed by atoms with van der Waals surface area (Å²) in [6, 6.07) is 0.355. The van der Waals surface area contributed by atoms with Gasteiger partial charge in [-0.05, 0) is 19.3 Å². The molecule has 2 unspecified atom stereocenters. The fourth-order valence-electron chi connectivity index (χ4n) is 1.87. The van der Waals surface area contributed by atoms with Gasteiger partial charge >= 0.3 is 0 Å². The molecule has 0 spiro atoms. The minimum absolute atomic E-state index is 0.355. The lowest BCUT2D eigenvalue weighted by molar-refractivity contribution is 0.0521. The Bertz CT molecular complexity index is 260. The van der Waals surface area contributed by atoms with Crippen molar-refractivity contribution in [3.8, 4) is 0 Å². The Hall–Kier alpha value is -0.870. The monoisotopic (exact) mass is 195 g/mol. The summed E-state index contributed by atoms with van der Waals surface area (Å²) in [5, 5.41) is 0. The lowest BCUT2D eigenvalue weighted by Crippen LogP contribution is -2.18. The average Bonchev–Trinajstić information content (AvgIpc) is 2.77. The summed E-state index contributed by atoms with van der Waals surface area (Å²) in [6.07, 6.45) is 9.16. The quantitative estimate of drug-likeness (QED) is 0.772. The standard InChI is InChI=1S/C10H17N3O/c11-9-1-2-10(7-9)14-6-5-13-4-3-12-8-13/h3-4,8-10H,1-2,5-7,11H2. The van der Waals surface area contributed by atoms with Crippen molar-refractivity contribution >= 4 is 0 Å². The van der Waals surface area contributed by atoms with Gasteiger partial charge in [-0.2, -0.15) is 0 Å². The van der Waals surface area contributed by atoms with Gasteiger partial charge in [0.1, 0.15) is 0 Å². The molecule has 4 nitrogen and oxygen atoms in total. The number of ether oxygens (including phenoxy) is 1. The molecule has 78 valence electrons. The highest BCUT2D eigenvalue weighted by Gasteiger charge is 2.21. The van der Waals surface area contributed by atoms with E-state index in [1.54, 1.807) is 6.20 Å². The number of hydrogen-bond acceptors (Lipinski definition) is 3. The van der Waals surface area contributed by atoms with Gasteiger partial charge in [0, 0.05) is 25.0 Å². The summed E-state index contributed by atoms with van der Waals surface area (Å²) in [5.74, 6) is 0. The number of imidazole rings is 1. The molecule has 0 amide bonds. The van der Waals surface area contributed by atoms with E-state index in [2.05, 4.69) is 4.98 Å². The lowest BCUT2D eigenvalue weighted by atomic mass is 10.3. The maximum atomic E-state index is 5.80. The number of aromatic nitrogens is 2. The van der Waals surface area contributed by atoms with E-state index in [-0.39, 0.29) is 0 Å². The summed E-state index contributed by atoms with van der Waals surface area (Å²) >= 11 is 0. The molecule has 1 fully saturated rings. The Kier molecular flexibility index (Phi) is 3.16. The molecule has 1 aliphatic rings. The van der Waals surface area contributed by atoms with Crippen LogP contribution in [0.1, 0.15) is 19.3 Å². The highest BCUT2D eigenvalue weighted by atomic mass is 16.5. The molecule has 2 rings (SSSR count). The molecule has 0 bridgehead atoms. The zero-order valence-corrected chi connectivity index (χ0v) is 8.30. The van der Waals surface area contributed by atoms with Gasteiger partial charge in [0.15, 0.2) is 0 Å². The van der Waals surface area contributed by atoms with Gasteiger partial charge < -0.3 is 15.0 Å². The van der Waals surface area contributed by atoms with Crippen LogP contribution in [0.15, 0.2) is 18.7 Å². The van der Waals surface area contributed by atoms with Crippen LogP contribution in [0.3, 0.4) is 0 Å². The Balaban J connectivity index is 1.64. The lowest BCUT2D eigenvalue weighted by Gasteiger charge is -2.11. The third-order valence-electron chi connectivity index (χ3n) is 2.69. The van der Waals surface area contributed by atoms with Crippen molar-refractivity contribution in [2.24, 2.45) is 5.73 Å². The third-order valence-corrected chi connectivity index (χ3v) is 2.69. The molecule has 1 aromatic rings. The van der Waals surface area contributed by atoms with Gasteiger partial charge in [-0.25, -0.2) is 4.98 Å². The van der Waals surface area contributed by atoms with E-state index in [0.717, 1.165) is 32.4 Å². The van der Waals surface area contributed by atoms with E-state index in [1.807, 2.05) is 17.1 Å². The molecule has 4 heteroatoms. The van der Waals surface area contributed by atoms with Crippen LogP contribution in [0, 0.1) is 0 Å². The third kappa shape index (κ3) is 2.56. The van der Waals surface area contributed by atoms with E-state index in [0.29, 0.717) is 12.1 Å². The molecule has 1 saturated carbocycles. The Morgan fingerprint density at radius 3 is 3.07 bits per heavy atom. The first-order valence-electron chi connectivity index (χ1n) is 5.17. The second-order valence-electron chi connectivity index (χ2n) is 3.87. The Morgan fingerprint density at radius 1 is 1.50 bits per heavy atom. The van der Waals surface area contributed by atoms with Crippen LogP contribution in [0.25, 0.3) is 0 Å². The number of nitrogens with two attached hydrogens (primary N) is 1. The molecule has 14 heavy (non-hydrogen) atoms. The fourth-order valence-corrected chi connectivity index (χ4v) is 1.87. The van der Waals surface area contributed by atoms with E-state index in [4.69, 9.17) is 10.5 Å². The molecule has 2 atom stereocenters. The topological polar surface area (TPSA) is 53.1 Å². The largest absolute Gasteiger partial charge is 0.376 e. The number of rotatable bonds is 4. The van der Waals surface area contributed by atoms with Crippen molar-refractivity contribution in [1.29, 1.82) is 0 Å². The molecule has 1 heterocycles. The minimum atomic E-state index is 0.355. The van der Waals surface area contributed by atoms with E-state index in [1.165, 1.54) is 0 Å². The van der Waals surface area contributed by atoms with Gasteiger partial charge in [-0.3, -0.25) is 0 Å². The molecule has 1 aliphatic carbocycles. The predicted molar refractivity (Wildman–Crippen MR) is 53.8 cm³/mol. The minimum Gasteiger partial charge on any atom is -0.376 e. The Labute approximate surface area is 84.1 Å². The van der Waals surface area contributed by atoms with E-state index >= 15 is 0 Å². The van der Waals surface area contributed by atoms with Gasteiger partial charge in [-0.15, -0.1) is 0 Å². The zero-order valence-electron chi connectivity index (χ0n) is 8.30. The summed E-state index contributed by atoms with van der Waals surface area (Å²) in [5.41, 5.74) is 5.80. The fraction of sp³-hybridized carbons (Fsp3) is 0.700. The molecule has 1 aromatic heterocycles. The summed E-state index contributed by atoms with van der Waals surface area (Å²) < 4.78 is 7.74. The zero-order chi connectivity index (χ0) is 9.80. The number of nitrogens with zero attached hydrogens (tertiary/aromatic N) is 2. The molecular formula is C10H17N3O. The molecule has 2 N–H and O–H groups in total. The van der Waals surface area contributed by atoms with Crippen LogP contribution < -0.4 is 5.73 Å². The van der Waals surface area contributed by atoms with Gasteiger partial charge in [0.05, 0.1) is 19.0 Å². The summed E-state index contributed by atoms with van der Waals surface area (Å²) in [6.45, 7) is 1.64. The molecule has 0 radical (unpaired) electrons. The van der Waals surface area contributed by atoms with Gasteiger partial charge in [-0.1, -0.05) is 0 Å². The van der Waals surface area contributed by atoms with E-state index in [9.17, 15) is 0 Å². The van der Waals surface area contributed by atoms with Gasteiger partial charge in [0.25, 0.3) is 0 Å². The second-order valence-corrected chi connectivity index (χ2v) is 3.87. The van der Waals surface area contributed by atoms with Crippen molar-refractivity contribution in [2.45, 2.75) is 38.0 Å². The predicted octanol–water partition coefficient (Wildman–Crippen LogP) is 0.779. The number of hydrogen-bond donors (Lipinski definition) is 1. The maximum Gasteiger partial charge on any atom is 0.0946 e. The van der Waals surface area contributed by atoms with Crippen LogP contribution >= 0.6 is 0 Å². The van der Waals surface area contributed by atoms with Crippen molar-refractivity contribution in [2.75, 3.05) is 6.61 Å². The Morgan fingerprint density at radius 2 is 2.43 bits per heavy atom. The maximum absolute atomic E-state index is 5.80. The van der Waals surface area contributed by atoms with Crippen LogP contribution in [-0.4, -0.2) is 28.3 Å². The van der Waals surface area contributed by atoms with Crippen molar-refractivity contribution in [1.82, 2.24) is 9.55 Å². The van der Waals surface area contributed by atoms with Crippen LogP contribution in [0.5, 0.6) is 0 Å². The molecule has 0 aromatic carbocycles. The molecular weight excluding hydrogens is 178 g/mol.